The van der Waals surface area contributed by atoms with E-state index in [2.05, 4.69) is 4.90 Å². The Kier molecular flexibility index (Phi) is 6.73. The van der Waals surface area contributed by atoms with E-state index in [1.165, 1.54) is 6.07 Å². The molecular weight excluding hydrogens is 309 g/mol. The second kappa shape index (κ2) is 8.78. The van der Waals surface area contributed by atoms with Gasteiger partial charge in [0.15, 0.2) is 0 Å². The Balaban J connectivity index is 1.85. The number of benzene rings is 1. The maximum atomic E-state index is 13.7. The van der Waals surface area contributed by atoms with Crippen LogP contribution in [0.5, 0.6) is 0 Å². The van der Waals surface area contributed by atoms with E-state index in [9.17, 15) is 14.0 Å². The van der Waals surface area contributed by atoms with Gasteiger partial charge in [-0.05, 0) is 12.5 Å². The van der Waals surface area contributed by atoms with Crippen molar-refractivity contribution in [2.75, 3.05) is 39.8 Å². The van der Waals surface area contributed by atoms with Crippen LogP contribution in [0.1, 0.15) is 25.3 Å². The van der Waals surface area contributed by atoms with Gasteiger partial charge in [-0.25, -0.2) is 4.39 Å². The maximum Gasteiger partial charge on any atom is 0.236 e. The SMILES string of the molecule is CCC(=O)N1CCCN(CC(=O)N(C)Cc2ccccc2F)CC1. The van der Waals surface area contributed by atoms with Gasteiger partial charge < -0.3 is 9.80 Å². The average Bonchev–Trinajstić information content (AvgIpc) is 2.81. The third-order valence-corrected chi connectivity index (χ3v) is 4.39. The van der Waals surface area contributed by atoms with Gasteiger partial charge in [0.05, 0.1) is 6.54 Å². The van der Waals surface area contributed by atoms with Gasteiger partial charge in [-0.15, -0.1) is 0 Å². The summed E-state index contributed by atoms with van der Waals surface area (Å²) in [5.41, 5.74) is 0.518. The van der Waals surface area contributed by atoms with Gasteiger partial charge in [-0.1, -0.05) is 25.1 Å². The summed E-state index contributed by atoms with van der Waals surface area (Å²) < 4.78 is 13.7. The zero-order valence-corrected chi connectivity index (χ0v) is 14.5. The van der Waals surface area contributed by atoms with Gasteiger partial charge in [0, 0.05) is 51.8 Å². The predicted octanol–water partition coefficient (Wildman–Crippen LogP) is 1.73. The summed E-state index contributed by atoms with van der Waals surface area (Å²) in [6, 6.07) is 6.51. The van der Waals surface area contributed by atoms with Crippen molar-refractivity contribution in [2.45, 2.75) is 26.3 Å². The first-order chi connectivity index (χ1) is 11.5. The Bertz CT molecular complexity index is 579. The quantitative estimate of drug-likeness (QED) is 0.823. The van der Waals surface area contributed by atoms with Crippen LogP contribution < -0.4 is 0 Å². The summed E-state index contributed by atoms with van der Waals surface area (Å²) in [5, 5.41) is 0. The molecule has 1 aliphatic rings. The second-order valence-corrected chi connectivity index (χ2v) is 6.21. The molecule has 1 aliphatic heterocycles. The summed E-state index contributed by atoms with van der Waals surface area (Å²) in [7, 11) is 1.69. The highest BCUT2D eigenvalue weighted by atomic mass is 19.1. The molecule has 0 atom stereocenters. The molecule has 1 heterocycles. The first kappa shape index (κ1) is 18.4. The number of nitrogens with zero attached hydrogens (tertiary/aromatic N) is 3. The van der Waals surface area contributed by atoms with Crippen LogP contribution in [0.25, 0.3) is 0 Å². The summed E-state index contributed by atoms with van der Waals surface area (Å²) in [5.74, 6) is -0.158. The number of halogens is 1. The molecule has 0 aromatic heterocycles. The Morgan fingerprint density at radius 3 is 2.62 bits per heavy atom. The van der Waals surface area contributed by atoms with Crippen molar-refractivity contribution in [1.82, 2.24) is 14.7 Å². The molecule has 0 spiro atoms. The molecule has 1 fully saturated rings. The van der Waals surface area contributed by atoms with E-state index in [0.29, 0.717) is 31.6 Å². The lowest BCUT2D eigenvalue weighted by Crippen LogP contribution is -2.40. The smallest absolute Gasteiger partial charge is 0.236 e. The second-order valence-electron chi connectivity index (χ2n) is 6.21. The summed E-state index contributed by atoms with van der Waals surface area (Å²) in [4.78, 5) is 29.7. The highest BCUT2D eigenvalue weighted by Gasteiger charge is 2.21. The number of carbonyl (C=O) groups is 2. The molecule has 1 aromatic carbocycles. The fourth-order valence-corrected chi connectivity index (χ4v) is 2.88. The molecule has 1 aromatic rings. The van der Waals surface area contributed by atoms with Crippen LogP contribution in [-0.4, -0.2) is 66.3 Å². The Labute approximate surface area is 143 Å². The normalized spacial score (nSPS) is 15.9. The molecule has 132 valence electrons. The molecule has 6 heteroatoms. The van der Waals surface area contributed by atoms with Crippen LogP contribution in [0.15, 0.2) is 24.3 Å². The van der Waals surface area contributed by atoms with Crippen molar-refractivity contribution in [1.29, 1.82) is 0 Å². The molecule has 0 N–H and O–H groups in total. The molecule has 0 saturated carbocycles. The highest BCUT2D eigenvalue weighted by molar-refractivity contribution is 5.78. The Morgan fingerprint density at radius 1 is 1.17 bits per heavy atom. The van der Waals surface area contributed by atoms with Gasteiger partial charge >= 0.3 is 0 Å². The monoisotopic (exact) mass is 335 g/mol. The van der Waals surface area contributed by atoms with Crippen LogP contribution in [0.3, 0.4) is 0 Å². The van der Waals surface area contributed by atoms with E-state index < -0.39 is 0 Å². The number of carbonyl (C=O) groups excluding carboxylic acids is 2. The van der Waals surface area contributed by atoms with Crippen LogP contribution in [0.4, 0.5) is 4.39 Å². The zero-order valence-electron chi connectivity index (χ0n) is 14.5. The van der Waals surface area contributed by atoms with E-state index in [4.69, 9.17) is 0 Å². The molecule has 0 radical (unpaired) electrons. The topological polar surface area (TPSA) is 43.9 Å². The van der Waals surface area contributed by atoms with Crippen LogP contribution in [-0.2, 0) is 16.1 Å². The van der Waals surface area contributed by atoms with Gasteiger partial charge in [0.1, 0.15) is 5.82 Å². The molecule has 2 rings (SSSR count). The highest BCUT2D eigenvalue weighted by Crippen LogP contribution is 2.10. The standard InChI is InChI=1S/C18H26FN3O2/c1-3-17(23)22-10-6-9-21(11-12-22)14-18(24)20(2)13-15-7-4-5-8-16(15)19/h4-5,7-8H,3,6,9-14H2,1-2H3. The number of hydrogen-bond acceptors (Lipinski definition) is 3. The van der Waals surface area contributed by atoms with Crippen molar-refractivity contribution in [3.05, 3.63) is 35.6 Å². The van der Waals surface area contributed by atoms with E-state index in [1.807, 2.05) is 11.8 Å². The van der Waals surface area contributed by atoms with Crippen molar-refractivity contribution < 1.29 is 14.0 Å². The third kappa shape index (κ3) is 5.03. The largest absolute Gasteiger partial charge is 0.341 e. The lowest BCUT2D eigenvalue weighted by Gasteiger charge is -2.24. The van der Waals surface area contributed by atoms with Crippen molar-refractivity contribution in [3.8, 4) is 0 Å². The van der Waals surface area contributed by atoms with E-state index >= 15 is 0 Å². The molecule has 1 saturated heterocycles. The van der Waals surface area contributed by atoms with Crippen molar-refractivity contribution in [2.24, 2.45) is 0 Å². The zero-order chi connectivity index (χ0) is 17.5. The minimum Gasteiger partial charge on any atom is -0.341 e. The molecule has 2 amide bonds. The van der Waals surface area contributed by atoms with E-state index in [-0.39, 0.29) is 24.2 Å². The lowest BCUT2D eigenvalue weighted by atomic mass is 10.2. The van der Waals surface area contributed by atoms with Gasteiger partial charge in [-0.2, -0.15) is 0 Å². The summed E-state index contributed by atoms with van der Waals surface area (Å²) in [6.07, 6.45) is 1.39. The number of rotatable bonds is 5. The summed E-state index contributed by atoms with van der Waals surface area (Å²) >= 11 is 0. The van der Waals surface area contributed by atoms with E-state index in [1.54, 1.807) is 30.1 Å². The fraction of sp³-hybridized carbons (Fsp3) is 0.556. The van der Waals surface area contributed by atoms with E-state index in [0.717, 1.165) is 19.5 Å². The first-order valence-corrected chi connectivity index (χ1v) is 8.48. The van der Waals surface area contributed by atoms with Crippen molar-refractivity contribution >= 4 is 11.8 Å². The molecule has 0 unspecified atom stereocenters. The fourth-order valence-electron chi connectivity index (χ4n) is 2.88. The maximum absolute atomic E-state index is 13.7. The van der Waals surface area contributed by atoms with Crippen molar-refractivity contribution in [3.63, 3.8) is 0 Å². The predicted molar refractivity (Wildman–Crippen MR) is 90.8 cm³/mol. The third-order valence-electron chi connectivity index (χ3n) is 4.39. The average molecular weight is 335 g/mol. The molecule has 0 aliphatic carbocycles. The lowest BCUT2D eigenvalue weighted by molar-refractivity contribution is -0.131. The summed E-state index contributed by atoms with van der Waals surface area (Å²) in [6.45, 7) is 5.35. The molecule has 0 bridgehead atoms. The minimum absolute atomic E-state index is 0.0338. The minimum atomic E-state index is -0.291. The number of hydrogen-bond donors (Lipinski definition) is 0. The van der Waals surface area contributed by atoms with Crippen LogP contribution in [0.2, 0.25) is 0 Å². The number of amides is 2. The van der Waals surface area contributed by atoms with Gasteiger partial charge in [0.2, 0.25) is 11.8 Å². The Hall–Kier alpha value is -1.95. The molecule has 5 nitrogen and oxygen atoms in total. The molecular formula is C18H26FN3O2. The number of likely N-dealkylation sites (N-methyl/N-ethyl adjacent to an activating group) is 1. The van der Waals surface area contributed by atoms with Gasteiger partial charge in [0.25, 0.3) is 0 Å². The molecule has 24 heavy (non-hydrogen) atoms. The van der Waals surface area contributed by atoms with Crippen LogP contribution >= 0.6 is 0 Å². The Morgan fingerprint density at radius 2 is 1.92 bits per heavy atom. The van der Waals surface area contributed by atoms with Gasteiger partial charge in [-0.3, -0.25) is 14.5 Å². The van der Waals surface area contributed by atoms with Crippen LogP contribution in [0, 0.1) is 5.82 Å². The first-order valence-electron chi connectivity index (χ1n) is 8.48.